The molecule has 140 valence electrons. The van der Waals surface area contributed by atoms with Crippen LogP contribution in [0.5, 0.6) is 11.5 Å². The lowest BCUT2D eigenvalue weighted by Crippen LogP contribution is -2.12. The molecule has 0 N–H and O–H groups in total. The molecule has 0 amide bonds. The number of ketones is 1. The van der Waals surface area contributed by atoms with Crippen molar-refractivity contribution in [3.63, 3.8) is 0 Å². The Kier molecular flexibility index (Phi) is 5.80. The zero-order valence-electron chi connectivity index (χ0n) is 16.5. The number of benzene rings is 2. The van der Waals surface area contributed by atoms with Crippen molar-refractivity contribution in [3.8, 4) is 11.5 Å². The van der Waals surface area contributed by atoms with Crippen LogP contribution in [0.25, 0.3) is 12.2 Å². The van der Waals surface area contributed by atoms with E-state index in [1.165, 1.54) is 0 Å². The summed E-state index contributed by atoms with van der Waals surface area (Å²) in [5.41, 5.74) is 6.08. The van der Waals surface area contributed by atoms with Gasteiger partial charge in [-0.2, -0.15) is 0 Å². The lowest BCUT2D eigenvalue weighted by molar-refractivity contribution is -0.112. The van der Waals surface area contributed by atoms with Gasteiger partial charge in [-0.1, -0.05) is 12.1 Å². The first-order valence-corrected chi connectivity index (χ1v) is 9.27. The van der Waals surface area contributed by atoms with Gasteiger partial charge in [0.2, 0.25) is 0 Å². The molecule has 27 heavy (non-hydrogen) atoms. The molecule has 1 fully saturated rings. The van der Waals surface area contributed by atoms with E-state index in [4.69, 9.17) is 9.47 Å². The Morgan fingerprint density at radius 2 is 1.22 bits per heavy atom. The van der Waals surface area contributed by atoms with E-state index in [0.29, 0.717) is 0 Å². The van der Waals surface area contributed by atoms with Crippen molar-refractivity contribution in [1.29, 1.82) is 0 Å². The molecule has 2 aromatic rings. The van der Waals surface area contributed by atoms with Gasteiger partial charge in [0.25, 0.3) is 0 Å². The molecule has 1 saturated carbocycles. The Labute approximate surface area is 161 Å². The number of aryl methyl sites for hydroxylation is 2. The standard InChI is InChI=1S/C24H26O3/c1-16-8-10-22(26-3)14-20(16)12-18-6-5-7-19(24(18)25)13-21-15-23(27-4)11-9-17(21)2/h8-15H,5-7H2,1-4H3/b18-12+,19-13+. The summed E-state index contributed by atoms with van der Waals surface area (Å²) in [7, 11) is 3.31. The third-order valence-corrected chi connectivity index (χ3v) is 5.11. The van der Waals surface area contributed by atoms with Crippen molar-refractivity contribution < 1.29 is 14.3 Å². The van der Waals surface area contributed by atoms with Crippen LogP contribution < -0.4 is 9.47 Å². The van der Waals surface area contributed by atoms with Gasteiger partial charge in [-0.15, -0.1) is 0 Å². The maximum absolute atomic E-state index is 13.1. The maximum atomic E-state index is 13.1. The predicted molar refractivity (Wildman–Crippen MR) is 110 cm³/mol. The summed E-state index contributed by atoms with van der Waals surface area (Å²) < 4.78 is 10.6. The molecule has 0 heterocycles. The Bertz CT molecular complexity index is 846. The number of rotatable bonds is 4. The highest BCUT2D eigenvalue weighted by atomic mass is 16.5. The molecule has 3 heteroatoms. The summed E-state index contributed by atoms with van der Waals surface area (Å²) in [6.07, 6.45) is 6.64. The molecule has 3 nitrogen and oxygen atoms in total. The second kappa shape index (κ2) is 8.26. The summed E-state index contributed by atoms with van der Waals surface area (Å²) in [6.45, 7) is 4.10. The largest absolute Gasteiger partial charge is 0.497 e. The summed E-state index contributed by atoms with van der Waals surface area (Å²) >= 11 is 0. The second-order valence-electron chi connectivity index (χ2n) is 6.97. The maximum Gasteiger partial charge on any atom is 0.185 e. The van der Waals surface area contributed by atoms with Crippen LogP contribution in [0.2, 0.25) is 0 Å². The zero-order valence-corrected chi connectivity index (χ0v) is 16.5. The van der Waals surface area contributed by atoms with Crippen LogP contribution in [0.4, 0.5) is 0 Å². The molecule has 3 rings (SSSR count). The molecule has 0 radical (unpaired) electrons. The van der Waals surface area contributed by atoms with E-state index >= 15 is 0 Å². The monoisotopic (exact) mass is 362 g/mol. The van der Waals surface area contributed by atoms with Crippen molar-refractivity contribution in [2.24, 2.45) is 0 Å². The number of hydrogen-bond acceptors (Lipinski definition) is 3. The van der Waals surface area contributed by atoms with E-state index in [1.807, 2.05) is 48.6 Å². The molecule has 0 bridgehead atoms. The normalized spacial score (nSPS) is 17.4. The third kappa shape index (κ3) is 4.30. The lowest BCUT2D eigenvalue weighted by Gasteiger charge is -2.18. The average molecular weight is 362 g/mol. The molecule has 0 unspecified atom stereocenters. The van der Waals surface area contributed by atoms with Crippen LogP contribution in [0, 0.1) is 13.8 Å². The smallest absolute Gasteiger partial charge is 0.185 e. The first-order chi connectivity index (χ1) is 13.0. The fourth-order valence-electron chi connectivity index (χ4n) is 3.36. The number of allylic oxidation sites excluding steroid dienone is 2. The summed E-state index contributed by atoms with van der Waals surface area (Å²) in [5, 5.41) is 0. The average Bonchev–Trinajstić information content (AvgIpc) is 2.68. The van der Waals surface area contributed by atoms with Gasteiger partial charge in [0.1, 0.15) is 11.5 Å². The second-order valence-corrected chi connectivity index (χ2v) is 6.97. The molecule has 0 spiro atoms. The summed E-state index contributed by atoms with van der Waals surface area (Å²) in [4.78, 5) is 13.1. The number of hydrogen-bond donors (Lipinski definition) is 0. The molecule has 1 aliphatic carbocycles. The minimum absolute atomic E-state index is 0.144. The zero-order chi connectivity index (χ0) is 19.4. The number of Topliss-reactive ketones (excluding diaryl/α,β-unsaturated/α-hetero) is 1. The number of methoxy groups -OCH3 is 2. The highest BCUT2D eigenvalue weighted by Crippen LogP contribution is 2.30. The van der Waals surface area contributed by atoms with Gasteiger partial charge in [-0.3, -0.25) is 4.79 Å². The van der Waals surface area contributed by atoms with E-state index < -0.39 is 0 Å². The topological polar surface area (TPSA) is 35.5 Å². The fourth-order valence-corrected chi connectivity index (χ4v) is 3.36. The van der Waals surface area contributed by atoms with Gasteiger partial charge in [0.15, 0.2) is 5.78 Å². The Hall–Kier alpha value is -2.81. The van der Waals surface area contributed by atoms with Crippen LogP contribution in [0.1, 0.15) is 41.5 Å². The Morgan fingerprint density at radius 1 is 0.778 bits per heavy atom. The molecule has 0 aliphatic heterocycles. The first kappa shape index (κ1) is 19.0. The van der Waals surface area contributed by atoms with Gasteiger partial charge in [-0.05, 0) is 91.8 Å². The Balaban J connectivity index is 1.95. The van der Waals surface area contributed by atoms with Crippen LogP contribution in [0.15, 0.2) is 47.5 Å². The highest BCUT2D eigenvalue weighted by Gasteiger charge is 2.21. The van der Waals surface area contributed by atoms with Crippen molar-refractivity contribution in [1.82, 2.24) is 0 Å². The molecule has 2 aromatic carbocycles. The Morgan fingerprint density at radius 3 is 1.63 bits per heavy atom. The quantitative estimate of drug-likeness (QED) is 0.670. The predicted octanol–water partition coefficient (Wildman–Crippen LogP) is 5.54. The van der Waals surface area contributed by atoms with E-state index in [1.54, 1.807) is 14.2 Å². The van der Waals surface area contributed by atoms with Gasteiger partial charge in [-0.25, -0.2) is 0 Å². The summed E-state index contributed by atoms with van der Waals surface area (Å²) in [5.74, 6) is 1.75. The molecule has 0 aromatic heterocycles. The third-order valence-electron chi connectivity index (χ3n) is 5.11. The van der Waals surface area contributed by atoms with Crippen LogP contribution in [-0.2, 0) is 4.79 Å². The number of carbonyl (C=O) groups is 1. The van der Waals surface area contributed by atoms with Gasteiger partial charge in [0, 0.05) is 11.1 Å². The number of carbonyl (C=O) groups excluding carboxylic acids is 1. The minimum atomic E-state index is 0.144. The first-order valence-electron chi connectivity index (χ1n) is 9.27. The van der Waals surface area contributed by atoms with E-state index in [0.717, 1.165) is 64.2 Å². The van der Waals surface area contributed by atoms with Crippen LogP contribution in [0.3, 0.4) is 0 Å². The fraction of sp³-hybridized carbons (Fsp3) is 0.292. The lowest BCUT2D eigenvalue weighted by atomic mass is 9.86. The van der Waals surface area contributed by atoms with Crippen LogP contribution >= 0.6 is 0 Å². The van der Waals surface area contributed by atoms with Crippen molar-refractivity contribution >= 4 is 17.9 Å². The van der Waals surface area contributed by atoms with Gasteiger partial charge < -0.3 is 9.47 Å². The van der Waals surface area contributed by atoms with E-state index in [9.17, 15) is 4.79 Å². The molecule has 0 saturated heterocycles. The van der Waals surface area contributed by atoms with Crippen molar-refractivity contribution in [2.75, 3.05) is 14.2 Å². The molecular formula is C24H26O3. The van der Waals surface area contributed by atoms with Gasteiger partial charge in [0.05, 0.1) is 14.2 Å². The van der Waals surface area contributed by atoms with Crippen molar-refractivity contribution in [3.05, 3.63) is 69.8 Å². The number of ether oxygens (including phenoxy) is 2. The van der Waals surface area contributed by atoms with E-state index in [2.05, 4.69) is 13.8 Å². The minimum Gasteiger partial charge on any atom is -0.497 e. The van der Waals surface area contributed by atoms with Crippen molar-refractivity contribution in [2.45, 2.75) is 33.1 Å². The summed E-state index contributed by atoms with van der Waals surface area (Å²) in [6, 6.07) is 11.9. The SMILES string of the molecule is COc1ccc(C)c(/C=C2\CCC/C(=C\c3cc(OC)ccc3C)C2=O)c1. The molecular weight excluding hydrogens is 336 g/mol. The molecule has 0 atom stereocenters. The molecule has 1 aliphatic rings. The van der Waals surface area contributed by atoms with Crippen LogP contribution in [-0.4, -0.2) is 20.0 Å². The van der Waals surface area contributed by atoms with E-state index in [-0.39, 0.29) is 5.78 Å². The van der Waals surface area contributed by atoms with Gasteiger partial charge >= 0.3 is 0 Å². The highest BCUT2D eigenvalue weighted by molar-refractivity contribution is 6.14.